The van der Waals surface area contributed by atoms with E-state index in [4.69, 9.17) is 9.47 Å². The van der Waals surface area contributed by atoms with E-state index < -0.39 is 0 Å². The van der Waals surface area contributed by atoms with Crippen molar-refractivity contribution in [3.8, 4) is 23.0 Å². The first kappa shape index (κ1) is 12.9. The zero-order valence-corrected chi connectivity index (χ0v) is 13.3. The smallest absolute Gasteiger partial charge is 0.159 e. The fourth-order valence-electron chi connectivity index (χ4n) is 3.73. The molecular formula is C22H13NO2. The van der Waals surface area contributed by atoms with Crippen LogP contribution in [0.1, 0.15) is 0 Å². The summed E-state index contributed by atoms with van der Waals surface area (Å²) < 4.78 is 12.4. The largest absolute Gasteiger partial charge is 0.453 e. The Hall–Kier alpha value is -3.46. The molecule has 0 unspecified atom stereocenters. The van der Waals surface area contributed by atoms with Gasteiger partial charge in [-0.1, -0.05) is 48.5 Å². The van der Waals surface area contributed by atoms with Gasteiger partial charge in [-0.05, 0) is 35.7 Å². The molecule has 2 aliphatic heterocycles. The summed E-state index contributed by atoms with van der Waals surface area (Å²) in [4.78, 5) is 2.24. The van der Waals surface area contributed by atoms with Crippen LogP contribution in [0.4, 0.5) is 17.1 Å². The van der Waals surface area contributed by atoms with Gasteiger partial charge in [-0.2, -0.15) is 0 Å². The topological polar surface area (TPSA) is 21.7 Å². The Morgan fingerprint density at radius 1 is 0.560 bits per heavy atom. The zero-order valence-electron chi connectivity index (χ0n) is 13.3. The van der Waals surface area contributed by atoms with Gasteiger partial charge in [-0.25, -0.2) is 0 Å². The van der Waals surface area contributed by atoms with Crippen molar-refractivity contribution in [3.05, 3.63) is 78.9 Å². The molecule has 2 heterocycles. The van der Waals surface area contributed by atoms with E-state index in [1.165, 1.54) is 5.39 Å². The summed E-state index contributed by atoms with van der Waals surface area (Å²) >= 11 is 0. The van der Waals surface area contributed by atoms with E-state index in [0.29, 0.717) is 0 Å². The summed E-state index contributed by atoms with van der Waals surface area (Å²) in [5.74, 6) is 3.37. The molecule has 0 fully saturated rings. The lowest BCUT2D eigenvalue weighted by Gasteiger charge is -2.38. The third-order valence-electron chi connectivity index (χ3n) is 4.82. The van der Waals surface area contributed by atoms with Gasteiger partial charge in [0.25, 0.3) is 0 Å². The number of anilines is 3. The first-order valence-corrected chi connectivity index (χ1v) is 8.30. The van der Waals surface area contributed by atoms with Crippen LogP contribution in [0.2, 0.25) is 0 Å². The Labute approximate surface area is 144 Å². The number of para-hydroxylation sites is 3. The molecule has 4 aromatic carbocycles. The van der Waals surface area contributed by atoms with Gasteiger partial charge in [-0.3, -0.25) is 4.90 Å². The molecule has 2 aliphatic rings. The van der Waals surface area contributed by atoms with E-state index >= 15 is 0 Å². The van der Waals surface area contributed by atoms with Gasteiger partial charge in [0, 0.05) is 5.39 Å². The summed E-state index contributed by atoms with van der Waals surface area (Å²) in [6, 6.07) is 26.6. The molecule has 0 N–H and O–H groups in total. The molecule has 0 spiro atoms. The molecule has 3 nitrogen and oxygen atoms in total. The van der Waals surface area contributed by atoms with E-state index in [1.807, 2.05) is 48.5 Å². The second-order valence-corrected chi connectivity index (χ2v) is 6.25. The molecule has 0 radical (unpaired) electrons. The minimum atomic E-state index is 0.815. The van der Waals surface area contributed by atoms with Gasteiger partial charge in [0.2, 0.25) is 0 Å². The molecule has 0 aliphatic carbocycles. The number of hydrogen-bond acceptors (Lipinski definition) is 3. The summed E-state index contributed by atoms with van der Waals surface area (Å²) in [7, 11) is 0. The fourth-order valence-corrected chi connectivity index (χ4v) is 3.73. The number of rotatable bonds is 0. The van der Waals surface area contributed by atoms with Crippen molar-refractivity contribution < 1.29 is 9.47 Å². The highest BCUT2D eigenvalue weighted by Crippen LogP contribution is 2.60. The first-order valence-electron chi connectivity index (χ1n) is 8.30. The molecule has 118 valence electrons. The predicted octanol–water partition coefficient (Wildman–Crippen LogP) is 6.52. The number of hydrogen-bond donors (Lipinski definition) is 0. The van der Waals surface area contributed by atoms with E-state index in [2.05, 4.69) is 35.2 Å². The van der Waals surface area contributed by atoms with E-state index in [-0.39, 0.29) is 0 Å². The van der Waals surface area contributed by atoms with Crippen LogP contribution < -0.4 is 14.4 Å². The minimum Gasteiger partial charge on any atom is -0.453 e. The van der Waals surface area contributed by atoms with Crippen molar-refractivity contribution in [1.29, 1.82) is 0 Å². The van der Waals surface area contributed by atoms with Gasteiger partial charge in [0.05, 0.1) is 11.4 Å². The molecule has 0 atom stereocenters. The van der Waals surface area contributed by atoms with Crippen LogP contribution in [0, 0.1) is 0 Å². The third kappa shape index (κ3) is 1.64. The maximum atomic E-state index is 6.33. The van der Waals surface area contributed by atoms with Gasteiger partial charge >= 0.3 is 0 Å². The Bertz CT molecular complexity index is 1170. The average Bonchev–Trinajstić information content (AvgIpc) is 2.67. The predicted molar refractivity (Wildman–Crippen MR) is 98.8 cm³/mol. The van der Waals surface area contributed by atoms with Gasteiger partial charge in [0.1, 0.15) is 5.69 Å². The van der Waals surface area contributed by atoms with Gasteiger partial charge in [-0.15, -0.1) is 0 Å². The molecule has 6 rings (SSSR count). The van der Waals surface area contributed by atoms with Crippen LogP contribution in [0.5, 0.6) is 23.0 Å². The summed E-state index contributed by atoms with van der Waals surface area (Å²) in [6.45, 7) is 0. The van der Waals surface area contributed by atoms with Crippen molar-refractivity contribution in [2.45, 2.75) is 0 Å². The second-order valence-electron chi connectivity index (χ2n) is 6.25. The molecule has 3 heteroatoms. The summed E-state index contributed by atoms with van der Waals surface area (Å²) in [5, 5.41) is 2.28. The molecule has 4 aromatic rings. The maximum absolute atomic E-state index is 6.33. The monoisotopic (exact) mass is 323 g/mol. The molecule has 0 saturated carbocycles. The number of ether oxygens (including phenoxy) is 2. The zero-order chi connectivity index (χ0) is 16.4. The lowest BCUT2D eigenvalue weighted by Crippen LogP contribution is -2.20. The summed E-state index contributed by atoms with van der Waals surface area (Å²) in [6.07, 6.45) is 0. The lowest BCUT2D eigenvalue weighted by atomic mass is 10.0. The van der Waals surface area contributed by atoms with Crippen LogP contribution in [0.3, 0.4) is 0 Å². The highest BCUT2D eigenvalue weighted by Gasteiger charge is 2.34. The summed E-state index contributed by atoms with van der Waals surface area (Å²) in [5.41, 5.74) is 3.03. The van der Waals surface area contributed by atoms with Crippen molar-refractivity contribution in [3.63, 3.8) is 0 Å². The van der Waals surface area contributed by atoms with Gasteiger partial charge < -0.3 is 9.47 Å². The highest BCUT2D eigenvalue weighted by atomic mass is 16.5. The van der Waals surface area contributed by atoms with Crippen LogP contribution in [0.25, 0.3) is 10.8 Å². The minimum absolute atomic E-state index is 0.815. The van der Waals surface area contributed by atoms with Crippen LogP contribution in [0.15, 0.2) is 78.9 Å². The first-order chi connectivity index (χ1) is 12.4. The van der Waals surface area contributed by atoms with Gasteiger partial charge in [0.15, 0.2) is 23.0 Å². The lowest BCUT2D eigenvalue weighted by molar-refractivity contribution is 0.448. The molecule has 0 saturated heterocycles. The SMILES string of the molecule is c1ccc2c(c1)Oc1cccc3c1N2c1ccc2ccccc2c1O3. The van der Waals surface area contributed by atoms with E-state index in [1.54, 1.807) is 0 Å². The number of fused-ring (bicyclic) bond motifs is 6. The van der Waals surface area contributed by atoms with Crippen molar-refractivity contribution in [2.75, 3.05) is 4.90 Å². The fraction of sp³-hybridized carbons (Fsp3) is 0. The third-order valence-corrected chi connectivity index (χ3v) is 4.82. The Morgan fingerprint density at radius 3 is 2.28 bits per heavy atom. The van der Waals surface area contributed by atoms with Crippen molar-refractivity contribution >= 4 is 27.8 Å². The maximum Gasteiger partial charge on any atom is 0.159 e. The number of nitrogens with zero attached hydrogens (tertiary/aromatic N) is 1. The standard InChI is InChI=1S/C22H13NO2/c1-2-7-15-14(6-1)12-13-17-22(15)25-20-11-5-10-19-21(20)23(17)16-8-3-4-9-18(16)24-19/h1-13H. The van der Waals surface area contributed by atoms with Crippen LogP contribution in [-0.4, -0.2) is 0 Å². The van der Waals surface area contributed by atoms with Crippen LogP contribution >= 0.6 is 0 Å². The molecule has 0 bridgehead atoms. The van der Waals surface area contributed by atoms with E-state index in [0.717, 1.165) is 45.4 Å². The molecule has 0 aromatic heterocycles. The Balaban J connectivity index is 1.73. The molecule has 0 amide bonds. The van der Waals surface area contributed by atoms with E-state index in [9.17, 15) is 0 Å². The molecule has 25 heavy (non-hydrogen) atoms. The normalized spacial score (nSPS) is 13.4. The van der Waals surface area contributed by atoms with Crippen LogP contribution in [-0.2, 0) is 0 Å². The highest BCUT2D eigenvalue weighted by molar-refractivity contribution is 6.01. The quantitative estimate of drug-likeness (QED) is 0.317. The average molecular weight is 323 g/mol. The Morgan fingerprint density at radius 2 is 1.32 bits per heavy atom. The second kappa shape index (κ2) is 4.54. The Kier molecular flexibility index (Phi) is 2.35. The van der Waals surface area contributed by atoms with Crippen molar-refractivity contribution in [1.82, 2.24) is 0 Å². The number of benzene rings is 4. The van der Waals surface area contributed by atoms with Crippen molar-refractivity contribution in [2.24, 2.45) is 0 Å². The molecular weight excluding hydrogens is 310 g/mol.